The van der Waals surface area contributed by atoms with Gasteiger partial charge in [0.1, 0.15) is 7.85 Å². The minimum Gasteiger partial charge on any atom is -0.380 e. The lowest BCUT2D eigenvalue weighted by atomic mass is 9.87. The van der Waals surface area contributed by atoms with E-state index in [1.54, 1.807) is 7.11 Å². The molecule has 0 saturated heterocycles. The molecule has 0 amide bonds. The standard InChI is InChI=1S/C12H19BO/c1-4-9(2)10-5-6-12(13)11(7-10)8-14-3/h5-7,9H,4,8,13H2,1-3H3. The predicted octanol–water partition coefficient (Wildman–Crippen LogP) is 1.60. The molecule has 1 atom stereocenters. The third kappa shape index (κ3) is 2.61. The van der Waals surface area contributed by atoms with Crippen molar-refractivity contribution in [1.82, 2.24) is 0 Å². The van der Waals surface area contributed by atoms with Gasteiger partial charge in [0.05, 0.1) is 6.61 Å². The molecule has 2 heteroatoms. The first-order valence-electron chi connectivity index (χ1n) is 5.27. The Balaban J connectivity index is 2.93. The average Bonchev–Trinajstić information content (AvgIpc) is 2.20. The van der Waals surface area contributed by atoms with Gasteiger partial charge >= 0.3 is 0 Å². The minimum absolute atomic E-state index is 0.645. The molecule has 0 N–H and O–H groups in total. The summed E-state index contributed by atoms with van der Waals surface area (Å²) < 4.78 is 5.18. The molecule has 0 radical (unpaired) electrons. The summed E-state index contributed by atoms with van der Waals surface area (Å²) in [4.78, 5) is 0. The molecule has 0 aliphatic carbocycles. The zero-order valence-electron chi connectivity index (χ0n) is 9.63. The second-order valence-electron chi connectivity index (χ2n) is 3.93. The van der Waals surface area contributed by atoms with Crippen molar-refractivity contribution in [1.29, 1.82) is 0 Å². The molecular formula is C12H19BO. The zero-order chi connectivity index (χ0) is 10.6. The summed E-state index contributed by atoms with van der Waals surface area (Å²) in [5.74, 6) is 0.645. The first-order chi connectivity index (χ1) is 6.69. The van der Waals surface area contributed by atoms with E-state index in [1.807, 2.05) is 0 Å². The molecule has 14 heavy (non-hydrogen) atoms. The number of methoxy groups -OCH3 is 1. The van der Waals surface area contributed by atoms with E-state index in [-0.39, 0.29) is 0 Å². The van der Waals surface area contributed by atoms with Gasteiger partial charge in [-0.05, 0) is 23.5 Å². The van der Waals surface area contributed by atoms with Crippen LogP contribution in [-0.4, -0.2) is 15.0 Å². The summed E-state index contributed by atoms with van der Waals surface area (Å²) in [5, 5.41) is 0. The molecule has 1 unspecified atom stereocenters. The van der Waals surface area contributed by atoms with Crippen LogP contribution in [0.25, 0.3) is 0 Å². The molecule has 1 aromatic rings. The summed E-state index contributed by atoms with van der Waals surface area (Å²) in [5.41, 5.74) is 4.05. The first kappa shape index (κ1) is 11.3. The van der Waals surface area contributed by atoms with Crippen LogP contribution < -0.4 is 5.46 Å². The summed E-state index contributed by atoms with van der Waals surface area (Å²) in [7, 11) is 3.88. The Kier molecular flexibility index (Phi) is 4.21. The quantitative estimate of drug-likeness (QED) is 0.655. The fourth-order valence-electron chi connectivity index (χ4n) is 1.54. The third-order valence-electron chi connectivity index (χ3n) is 2.85. The summed E-state index contributed by atoms with van der Waals surface area (Å²) in [6.45, 7) is 5.21. The Hall–Kier alpha value is -0.755. The van der Waals surface area contributed by atoms with E-state index in [0.29, 0.717) is 5.92 Å². The Morgan fingerprint density at radius 1 is 1.43 bits per heavy atom. The Morgan fingerprint density at radius 3 is 2.71 bits per heavy atom. The monoisotopic (exact) mass is 190 g/mol. The largest absolute Gasteiger partial charge is 0.380 e. The van der Waals surface area contributed by atoms with Gasteiger partial charge in [-0.15, -0.1) is 0 Å². The molecule has 0 aliphatic heterocycles. The molecule has 1 nitrogen and oxygen atoms in total. The van der Waals surface area contributed by atoms with Crippen LogP contribution in [0.3, 0.4) is 0 Å². The van der Waals surface area contributed by atoms with Crippen LogP contribution in [0.2, 0.25) is 0 Å². The maximum atomic E-state index is 5.18. The van der Waals surface area contributed by atoms with E-state index in [2.05, 4.69) is 39.9 Å². The second-order valence-corrected chi connectivity index (χ2v) is 3.93. The molecule has 0 saturated carbocycles. The highest BCUT2D eigenvalue weighted by atomic mass is 16.5. The second kappa shape index (κ2) is 5.21. The van der Waals surface area contributed by atoms with E-state index in [4.69, 9.17) is 4.74 Å². The predicted molar refractivity (Wildman–Crippen MR) is 64.0 cm³/mol. The van der Waals surface area contributed by atoms with Gasteiger partial charge in [-0.2, -0.15) is 0 Å². The molecule has 0 spiro atoms. The van der Waals surface area contributed by atoms with Crippen LogP contribution in [0.4, 0.5) is 0 Å². The average molecular weight is 190 g/mol. The molecule has 1 aromatic carbocycles. The van der Waals surface area contributed by atoms with Crippen molar-refractivity contribution in [3.8, 4) is 0 Å². The molecule has 1 rings (SSSR count). The van der Waals surface area contributed by atoms with E-state index in [1.165, 1.54) is 23.0 Å². The van der Waals surface area contributed by atoms with Gasteiger partial charge in [0.2, 0.25) is 0 Å². The summed E-state index contributed by atoms with van der Waals surface area (Å²) in [6, 6.07) is 6.69. The summed E-state index contributed by atoms with van der Waals surface area (Å²) in [6.07, 6.45) is 1.19. The van der Waals surface area contributed by atoms with Crippen LogP contribution in [-0.2, 0) is 11.3 Å². The van der Waals surface area contributed by atoms with Gasteiger partial charge in [0.25, 0.3) is 0 Å². The highest BCUT2D eigenvalue weighted by Crippen LogP contribution is 2.18. The van der Waals surface area contributed by atoms with Gasteiger partial charge in [-0.3, -0.25) is 0 Å². The van der Waals surface area contributed by atoms with Crippen molar-refractivity contribution in [3.63, 3.8) is 0 Å². The van der Waals surface area contributed by atoms with Gasteiger partial charge in [0.15, 0.2) is 0 Å². The number of hydrogen-bond acceptors (Lipinski definition) is 1. The van der Waals surface area contributed by atoms with E-state index < -0.39 is 0 Å². The SMILES string of the molecule is Bc1ccc(C(C)CC)cc1COC. The molecular weight excluding hydrogens is 171 g/mol. The highest BCUT2D eigenvalue weighted by molar-refractivity contribution is 6.33. The van der Waals surface area contributed by atoms with Crippen molar-refractivity contribution < 1.29 is 4.74 Å². The van der Waals surface area contributed by atoms with E-state index >= 15 is 0 Å². The lowest BCUT2D eigenvalue weighted by molar-refractivity contribution is 0.185. The van der Waals surface area contributed by atoms with Crippen molar-refractivity contribution in [2.24, 2.45) is 0 Å². The fraction of sp³-hybridized carbons (Fsp3) is 0.500. The normalized spacial score (nSPS) is 12.8. The molecule has 0 heterocycles. The molecule has 76 valence electrons. The fourth-order valence-corrected chi connectivity index (χ4v) is 1.54. The lowest BCUT2D eigenvalue weighted by Crippen LogP contribution is -2.12. The summed E-state index contributed by atoms with van der Waals surface area (Å²) >= 11 is 0. The van der Waals surface area contributed by atoms with Crippen molar-refractivity contribution in [2.45, 2.75) is 32.8 Å². The molecule has 0 aliphatic rings. The number of benzene rings is 1. The van der Waals surface area contributed by atoms with Crippen molar-refractivity contribution in [3.05, 3.63) is 29.3 Å². The van der Waals surface area contributed by atoms with Gasteiger partial charge < -0.3 is 4.74 Å². The molecule has 0 fully saturated rings. The Bertz CT molecular complexity index is 296. The first-order valence-corrected chi connectivity index (χ1v) is 5.27. The maximum absolute atomic E-state index is 5.18. The van der Waals surface area contributed by atoms with Gasteiger partial charge in [-0.25, -0.2) is 0 Å². The Morgan fingerprint density at radius 2 is 2.14 bits per heavy atom. The number of ether oxygens (including phenoxy) is 1. The van der Waals surface area contributed by atoms with Crippen LogP contribution in [0.1, 0.15) is 37.3 Å². The van der Waals surface area contributed by atoms with Crippen LogP contribution >= 0.6 is 0 Å². The maximum Gasteiger partial charge on any atom is 0.139 e. The molecule has 0 bridgehead atoms. The number of rotatable bonds is 4. The van der Waals surface area contributed by atoms with Crippen LogP contribution in [0.15, 0.2) is 18.2 Å². The van der Waals surface area contributed by atoms with Crippen LogP contribution in [0.5, 0.6) is 0 Å². The third-order valence-corrected chi connectivity index (χ3v) is 2.85. The Labute approximate surface area is 87.9 Å². The molecule has 0 aromatic heterocycles. The lowest BCUT2D eigenvalue weighted by Gasteiger charge is -2.12. The van der Waals surface area contributed by atoms with E-state index in [9.17, 15) is 0 Å². The highest BCUT2D eigenvalue weighted by Gasteiger charge is 2.05. The smallest absolute Gasteiger partial charge is 0.139 e. The van der Waals surface area contributed by atoms with Gasteiger partial charge in [0, 0.05) is 7.11 Å². The van der Waals surface area contributed by atoms with E-state index in [0.717, 1.165) is 6.61 Å². The minimum atomic E-state index is 0.645. The topological polar surface area (TPSA) is 9.23 Å². The van der Waals surface area contributed by atoms with Crippen LogP contribution in [0, 0.1) is 0 Å². The zero-order valence-corrected chi connectivity index (χ0v) is 9.63. The van der Waals surface area contributed by atoms with Crippen molar-refractivity contribution in [2.75, 3.05) is 7.11 Å². The van der Waals surface area contributed by atoms with Crippen molar-refractivity contribution >= 4 is 13.3 Å². The van der Waals surface area contributed by atoms with Gasteiger partial charge in [-0.1, -0.05) is 37.5 Å². The number of hydrogen-bond donors (Lipinski definition) is 0.